The van der Waals surface area contributed by atoms with E-state index < -0.39 is 0 Å². The molecule has 2 amide bonds. The van der Waals surface area contributed by atoms with E-state index in [-0.39, 0.29) is 29.8 Å². The van der Waals surface area contributed by atoms with Crippen molar-refractivity contribution in [3.05, 3.63) is 84.2 Å². The van der Waals surface area contributed by atoms with Crippen LogP contribution in [0.1, 0.15) is 44.0 Å². The van der Waals surface area contributed by atoms with E-state index in [1.807, 2.05) is 93.6 Å². The molecule has 67 heavy (non-hydrogen) atoms. The normalized spacial score (nSPS) is 17.7. The summed E-state index contributed by atoms with van der Waals surface area (Å²) in [4.78, 5) is 51.3. The molecule has 19 nitrogen and oxygen atoms in total. The van der Waals surface area contributed by atoms with E-state index in [1.54, 1.807) is 0 Å². The quantitative estimate of drug-likeness (QED) is 0.0378. The zero-order valence-corrected chi connectivity index (χ0v) is 39.4. The van der Waals surface area contributed by atoms with Gasteiger partial charge >= 0.3 is 0 Å². The van der Waals surface area contributed by atoms with Gasteiger partial charge in [0.1, 0.15) is 23.3 Å². The molecule has 3 aliphatic rings. The largest absolute Gasteiger partial charge is 0.379 e. The molecule has 2 unspecified atom stereocenters. The van der Waals surface area contributed by atoms with Crippen molar-refractivity contribution < 1.29 is 14.3 Å². The predicted octanol–water partition coefficient (Wildman–Crippen LogP) is 7.12. The number of carbonyl (C=O) groups excluding carboxylic acids is 2. The number of hydrogen-bond donors (Lipinski definition) is 8. The zero-order chi connectivity index (χ0) is 46.1. The van der Waals surface area contributed by atoms with Crippen molar-refractivity contribution in [1.29, 1.82) is 0 Å². The van der Waals surface area contributed by atoms with Crippen LogP contribution in [0.15, 0.2) is 92.9 Å². The number of rotatable bonds is 19. The van der Waals surface area contributed by atoms with Gasteiger partial charge in [-0.15, -0.1) is 0 Å². The third kappa shape index (κ3) is 13.0. The number of benzene rings is 2. The summed E-state index contributed by atoms with van der Waals surface area (Å²) >= 11 is 2.90. The first-order chi connectivity index (χ1) is 32.7. The van der Waals surface area contributed by atoms with Crippen LogP contribution >= 0.6 is 23.5 Å². The summed E-state index contributed by atoms with van der Waals surface area (Å²) in [5.74, 6) is 4.03. The van der Waals surface area contributed by atoms with Gasteiger partial charge in [-0.1, -0.05) is 6.92 Å². The Hall–Kier alpha value is -6.26. The molecule has 2 aliphatic heterocycles. The molecule has 3 fully saturated rings. The Morgan fingerprint density at radius 1 is 0.701 bits per heavy atom. The van der Waals surface area contributed by atoms with E-state index in [4.69, 9.17) is 24.7 Å². The molecule has 21 heteroatoms. The van der Waals surface area contributed by atoms with E-state index >= 15 is 0 Å². The van der Waals surface area contributed by atoms with Gasteiger partial charge in [0.05, 0.1) is 19.1 Å². The standard InChI is InChI=1S/C46H56N16O3S2/c1-4-43(63)49-30-5-9-33(10-6-30)67-46-54-38(27-40(56-46)52-42-24-29(3)58-60-42)48-32-13-16-62(17-14-32)36-25-35(36)44(64)50-31-7-11-34(12-8-31)66-45-53-37(47-15-18-61-19-21-65-22-20-61)26-39(55-45)51-41-23-28(2)57-59-41/h5-12,23-24,26-27,32,35-36H,4,13-22,25H2,1-3H3,(H,49,63)(H,50,64)(H3,47,51,53,55,57,59)(H3,48,52,54,56,58,60). The number of aromatic nitrogens is 8. The Balaban J connectivity index is 0.764. The number of anilines is 8. The lowest BCUT2D eigenvalue weighted by molar-refractivity contribution is -0.118. The molecule has 4 aromatic heterocycles. The van der Waals surface area contributed by atoms with Gasteiger partial charge in [-0.2, -0.15) is 10.2 Å². The van der Waals surface area contributed by atoms with Crippen LogP contribution in [-0.2, 0) is 14.3 Å². The molecule has 2 saturated heterocycles. The molecule has 9 rings (SSSR count). The lowest BCUT2D eigenvalue weighted by atomic mass is 10.0. The molecule has 0 spiro atoms. The lowest BCUT2D eigenvalue weighted by Crippen LogP contribution is -2.41. The number of nitrogens with zero attached hydrogens (tertiary/aromatic N) is 8. The summed E-state index contributed by atoms with van der Waals surface area (Å²) in [6.45, 7) is 12.5. The SMILES string of the molecule is CCC(=O)Nc1ccc(Sc2nc(Nc3cc(C)[nH]n3)cc(NC3CCN(C4CC4C(=O)Nc4ccc(Sc5nc(NCCN6CCOCC6)cc(Nc6cc(C)[nH]n6)n5)cc4)CC3)n2)cc1. The fourth-order valence-corrected chi connectivity index (χ4v) is 9.53. The third-order valence-electron chi connectivity index (χ3n) is 11.6. The molecule has 0 bridgehead atoms. The third-order valence-corrected chi connectivity index (χ3v) is 13.4. The summed E-state index contributed by atoms with van der Waals surface area (Å²) < 4.78 is 5.49. The molecule has 350 valence electrons. The van der Waals surface area contributed by atoms with Crippen LogP contribution in [0.2, 0.25) is 0 Å². The van der Waals surface area contributed by atoms with Crippen LogP contribution in [0, 0.1) is 19.8 Å². The second-order valence-corrected chi connectivity index (χ2v) is 18.9. The maximum atomic E-state index is 13.5. The first-order valence-electron chi connectivity index (χ1n) is 22.7. The minimum Gasteiger partial charge on any atom is -0.379 e. The number of morpholine rings is 1. The minimum atomic E-state index is -0.0487. The van der Waals surface area contributed by atoms with Gasteiger partial charge < -0.3 is 36.6 Å². The second kappa shape index (κ2) is 21.6. The average Bonchev–Trinajstić information content (AvgIpc) is 3.87. The predicted molar refractivity (Wildman–Crippen MR) is 262 cm³/mol. The Bertz CT molecular complexity index is 2610. The fraction of sp³-hybridized carbons (Fsp3) is 0.391. The molecular formula is C46H56N16O3S2. The number of hydrogen-bond acceptors (Lipinski definition) is 17. The summed E-state index contributed by atoms with van der Waals surface area (Å²) in [6, 6.07) is 23.6. The highest BCUT2D eigenvalue weighted by molar-refractivity contribution is 7.99. The number of H-pyrrole nitrogens is 2. The number of ether oxygens (including phenoxy) is 1. The van der Waals surface area contributed by atoms with Crippen LogP contribution in [0.25, 0.3) is 0 Å². The monoisotopic (exact) mass is 944 g/mol. The topological polar surface area (TPSA) is 231 Å². The van der Waals surface area contributed by atoms with Crippen molar-refractivity contribution in [2.75, 3.05) is 84.4 Å². The van der Waals surface area contributed by atoms with Crippen LogP contribution in [0.3, 0.4) is 0 Å². The van der Waals surface area contributed by atoms with E-state index in [9.17, 15) is 9.59 Å². The minimum absolute atomic E-state index is 0.0303. The molecule has 8 N–H and O–H groups in total. The van der Waals surface area contributed by atoms with Gasteiger partial charge in [0.25, 0.3) is 0 Å². The number of nitrogens with one attached hydrogen (secondary N) is 8. The molecule has 6 heterocycles. The number of piperidine rings is 1. The highest BCUT2D eigenvalue weighted by Gasteiger charge is 2.47. The number of aryl methyl sites for hydroxylation is 2. The lowest BCUT2D eigenvalue weighted by Gasteiger charge is -2.33. The molecule has 2 atom stereocenters. The summed E-state index contributed by atoms with van der Waals surface area (Å²) in [5, 5.41) is 35.5. The highest BCUT2D eigenvalue weighted by atomic mass is 32.2. The summed E-state index contributed by atoms with van der Waals surface area (Å²) in [6.07, 6.45) is 3.10. The Kier molecular flexibility index (Phi) is 14.8. The number of carbonyl (C=O) groups is 2. The van der Waals surface area contributed by atoms with Crippen molar-refractivity contribution in [2.45, 2.75) is 78.6 Å². The molecule has 1 saturated carbocycles. The Morgan fingerprint density at radius 2 is 1.25 bits per heavy atom. The number of likely N-dealkylation sites (tertiary alicyclic amines) is 1. The summed E-state index contributed by atoms with van der Waals surface area (Å²) in [5.41, 5.74) is 3.39. The van der Waals surface area contributed by atoms with Crippen LogP contribution in [-0.4, -0.2) is 127 Å². The molecule has 2 aromatic carbocycles. The maximum absolute atomic E-state index is 13.5. The molecular weight excluding hydrogens is 889 g/mol. The van der Waals surface area contributed by atoms with Gasteiger partial charge in [0, 0.05) is 115 Å². The van der Waals surface area contributed by atoms with Crippen LogP contribution in [0.4, 0.5) is 46.3 Å². The van der Waals surface area contributed by atoms with Crippen molar-refractivity contribution in [1.82, 2.24) is 50.1 Å². The van der Waals surface area contributed by atoms with Gasteiger partial charge in [0.15, 0.2) is 21.9 Å². The fourth-order valence-electron chi connectivity index (χ4n) is 7.99. The van der Waals surface area contributed by atoms with Crippen molar-refractivity contribution >= 4 is 81.6 Å². The van der Waals surface area contributed by atoms with Gasteiger partial charge in [-0.05, 0) is 105 Å². The van der Waals surface area contributed by atoms with Gasteiger partial charge in [0.2, 0.25) is 11.8 Å². The summed E-state index contributed by atoms with van der Waals surface area (Å²) in [7, 11) is 0. The van der Waals surface area contributed by atoms with Gasteiger partial charge in [-0.25, -0.2) is 19.9 Å². The van der Waals surface area contributed by atoms with Crippen molar-refractivity contribution in [3.8, 4) is 0 Å². The van der Waals surface area contributed by atoms with Gasteiger partial charge in [-0.3, -0.25) is 29.6 Å². The first kappa shape index (κ1) is 45.9. The molecule has 1 aliphatic carbocycles. The van der Waals surface area contributed by atoms with Crippen LogP contribution in [0.5, 0.6) is 0 Å². The maximum Gasteiger partial charge on any atom is 0.229 e. The molecule has 0 radical (unpaired) electrons. The van der Waals surface area contributed by atoms with E-state index in [1.165, 1.54) is 23.5 Å². The number of aromatic amines is 2. The van der Waals surface area contributed by atoms with E-state index in [0.717, 1.165) is 116 Å². The van der Waals surface area contributed by atoms with E-state index in [2.05, 4.69) is 62.1 Å². The highest BCUT2D eigenvalue weighted by Crippen LogP contribution is 2.39. The Morgan fingerprint density at radius 3 is 1.82 bits per heavy atom. The van der Waals surface area contributed by atoms with Crippen LogP contribution < -0.4 is 31.9 Å². The Labute approximate surface area is 397 Å². The zero-order valence-electron chi connectivity index (χ0n) is 37.8. The molecule has 6 aromatic rings. The number of amides is 2. The average molecular weight is 945 g/mol. The van der Waals surface area contributed by atoms with E-state index in [0.29, 0.717) is 40.0 Å². The first-order valence-corrected chi connectivity index (χ1v) is 24.4. The smallest absolute Gasteiger partial charge is 0.229 e. The second-order valence-electron chi connectivity index (χ2n) is 16.9. The van der Waals surface area contributed by atoms with Crippen molar-refractivity contribution in [3.63, 3.8) is 0 Å². The van der Waals surface area contributed by atoms with Crippen molar-refractivity contribution in [2.24, 2.45) is 5.92 Å².